The summed E-state index contributed by atoms with van der Waals surface area (Å²) < 4.78 is 0. The molecule has 1 atom stereocenters. The molecule has 4 rings (SSSR count). The Kier molecular flexibility index (Phi) is 14.8. The first-order chi connectivity index (χ1) is 23.5. The topological polar surface area (TPSA) is 274 Å². The van der Waals surface area contributed by atoms with Gasteiger partial charge in [-0.15, -0.1) is 0 Å². The molecule has 0 amide bonds. The molecule has 0 spiro atoms. The minimum Gasteiger partial charge on any atom is -0.370 e. The zero-order valence-corrected chi connectivity index (χ0v) is 27.7. The normalized spacial score (nSPS) is 14.4. The van der Waals surface area contributed by atoms with Crippen LogP contribution in [-0.2, 0) is 6.42 Å². The van der Waals surface area contributed by atoms with Crippen LogP contribution in [0.25, 0.3) is 0 Å². The van der Waals surface area contributed by atoms with Crippen LogP contribution in [0, 0.1) is 0 Å². The summed E-state index contributed by atoms with van der Waals surface area (Å²) in [6.45, 7) is 6.68. The second kappa shape index (κ2) is 19.8. The van der Waals surface area contributed by atoms with E-state index in [1.54, 1.807) is 0 Å². The highest BCUT2D eigenvalue weighted by atomic mass is 15.4. The monoisotopic (exact) mass is 664 g/mol. The van der Waals surface area contributed by atoms with Crippen LogP contribution in [0.1, 0.15) is 31.2 Å². The van der Waals surface area contributed by atoms with Crippen molar-refractivity contribution in [2.75, 3.05) is 103 Å². The van der Waals surface area contributed by atoms with Crippen molar-refractivity contribution in [3.63, 3.8) is 0 Å². The summed E-state index contributed by atoms with van der Waals surface area (Å²) in [5.41, 5.74) is 29.3. The van der Waals surface area contributed by atoms with E-state index in [1.807, 2.05) is 6.07 Å². The van der Waals surface area contributed by atoms with E-state index in [4.69, 9.17) is 48.6 Å². The number of benzene rings is 1. The van der Waals surface area contributed by atoms with Gasteiger partial charge in [-0.1, -0.05) is 30.3 Å². The summed E-state index contributed by atoms with van der Waals surface area (Å²) >= 11 is 0. The molecule has 0 bridgehead atoms. The van der Waals surface area contributed by atoms with Crippen LogP contribution in [0.2, 0.25) is 0 Å². The van der Waals surface area contributed by atoms with Crippen molar-refractivity contribution < 1.29 is 0 Å². The first-order valence-corrected chi connectivity index (χ1v) is 16.7. The van der Waals surface area contributed by atoms with Crippen LogP contribution >= 0.6 is 0 Å². The average Bonchev–Trinajstić information content (AvgIpc) is 3.09. The lowest BCUT2D eigenvalue weighted by atomic mass is 10.0. The molecule has 48 heavy (non-hydrogen) atoms. The maximum atomic E-state index is 5.74. The van der Waals surface area contributed by atoms with Gasteiger partial charge in [0.1, 0.15) is 0 Å². The minimum absolute atomic E-state index is 0.00535. The molecule has 2 aromatic heterocycles. The Labute approximate surface area is 282 Å². The van der Waals surface area contributed by atoms with Crippen LogP contribution in [-0.4, -0.2) is 114 Å². The largest absolute Gasteiger partial charge is 0.370 e. The molecule has 3 aromatic rings. The van der Waals surface area contributed by atoms with Gasteiger partial charge >= 0.3 is 0 Å². The van der Waals surface area contributed by atoms with Crippen molar-refractivity contribution in [1.82, 2.24) is 29.9 Å². The molecule has 0 aliphatic carbocycles. The average molecular weight is 665 g/mol. The molecule has 18 nitrogen and oxygen atoms in total. The van der Waals surface area contributed by atoms with E-state index in [9.17, 15) is 0 Å². The summed E-state index contributed by atoms with van der Waals surface area (Å²) in [5, 5.41) is 13.2. The molecule has 3 heterocycles. The standard InChI is InChI=1S/C30H52N18/c31-10-4-13-37-25-41-26(38-14-5-11-32)44-29(43-25)47-18-19-48(23(21-47)20-22-8-2-1-3-9-22)30-45-27(39-15-6-12-33)42-28(46-30)40-17-7-16-36-24(34)35/h1-3,8-9,23H,4-7,10-21,31-33H2,(H4,34,35,36)(H2,37,38,41,43,44)(H2,39,40,42,45,46). The molecule has 1 aromatic carbocycles. The second-order valence-corrected chi connectivity index (χ2v) is 11.3. The summed E-state index contributed by atoms with van der Waals surface area (Å²) in [6.07, 6.45) is 3.86. The molecular weight excluding hydrogens is 612 g/mol. The lowest BCUT2D eigenvalue weighted by Gasteiger charge is -2.41. The maximum absolute atomic E-state index is 5.74. The van der Waals surface area contributed by atoms with Gasteiger partial charge in [0.05, 0.1) is 6.04 Å². The van der Waals surface area contributed by atoms with E-state index in [2.05, 4.69) is 70.3 Å². The van der Waals surface area contributed by atoms with E-state index in [0.29, 0.717) is 114 Å². The Morgan fingerprint density at radius 1 is 0.667 bits per heavy atom. The third-order valence-electron chi connectivity index (χ3n) is 7.49. The van der Waals surface area contributed by atoms with Crippen molar-refractivity contribution in [2.24, 2.45) is 33.7 Å². The predicted molar refractivity (Wildman–Crippen MR) is 193 cm³/mol. The zero-order chi connectivity index (χ0) is 34.0. The van der Waals surface area contributed by atoms with Crippen molar-refractivity contribution >= 4 is 41.6 Å². The number of nitrogens with two attached hydrogens (primary N) is 5. The molecule has 262 valence electrons. The van der Waals surface area contributed by atoms with Crippen LogP contribution < -0.4 is 59.7 Å². The van der Waals surface area contributed by atoms with Gasteiger partial charge in [-0.3, -0.25) is 4.99 Å². The summed E-state index contributed by atoms with van der Waals surface area (Å²) in [4.78, 5) is 37.0. The SMILES string of the molecule is NCCCNc1nc(NCCCN)nc(N2CCN(c3nc(NCCCN)nc(NCCCN=C(N)N)n3)C(Cc3ccccc3)C2)n1. The van der Waals surface area contributed by atoms with Gasteiger partial charge in [0.15, 0.2) is 5.96 Å². The lowest BCUT2D eigenvalue weighted by Crippen LogP contribution is -2.55. The number of hydrogen-bond donors (Lipinski definition) is 9. The molecular formula is C30H52N18. The van der Waals surface area contributed by atoms with Crippen molar-refractivity contribution in [3.05, 3.63) is 35.9 Å². The lowest BCUT2D eigenvalue weighted by molar-refractivity contribution is 0.502. The Hall–Kier alpha value is -4.81. The number of guanidine groups is 1. The highest BCUT2D eigenvalue weighted by Gasteiger charge is 2.31. The fourth-order valence-corrected chi connectivity index (χ4v) is 5.07. The van der Waals surface area contributed by atoms with E-state index in [1.165, 1.54) is 5.56 Å². The third-order valence-corrected chi connectivity index (χ3v) is 7.49. The number of rotatable bonds is 21. The van der Waals surface area contributed by atoms with Gasteiger partial charge in [-0.25, -0.2) is 0 Å². The number of piperazine rings is 1. The highest BCUT2D eigenvalue weighted by Crippen LogP contribution is 2.25. The van der Waals surface area contributed by atoms with Crippen molar-refractivity contribution in [3.8, 4) is 0 Å². The molecule has 18 heteroatoms. The van der Waals surface area contributed by atoms with Crippen LogP contribution in [0.15, 0.2) is 35.3 Å². The first-order valence-electron chi connectivity index (χ1n) is 16.7. The third kappa shape index (κ3) is 11.8. The summed E-state index contributed by atoms with van der Waals surface area (Å²) in [6, 6.07) is 10.4. The predicted octanol–water partition coefficient (Wildman–Crippen LogP) is -0.648. The number of aromatic nitrogens is 6. The zero-order valence-electron chi connectivity index (χ0n) is 27.7. The number of aliphatic imine (C=N–C) groups is 1. The van der Waals surface area contributed by atoms with Crippen LogP contribution in [0.5, 0.6) is 0 Å². The van der Waals surface area contributed by atoms with Crippen molar-refractivity contribution in [2.45, 2.75) is 38.1 Å². The molecule has 0 radical (unpaired) electrons. The van der Waals surface area contributed by atoms with Gasteiger partial charge in [-0.2, -0.15) is 29.9 Å². The molecule has 0 saturated carbocycles. The molecule has 14 N–H and O–H groups in total. The minimum atomic E-state index is -0.00535. The quantitative estimate of drug-likeness (QED) is 0.0389. The van der Waals surface area contributed by atoms with E-state index >= 15 is 0 Å². The Morgan fingerprint density at radius 3 is 1.67 bits per heavy atom. The van der Waals surface area contributed by atoms with E-state index in [-0.39, 0.29) is 12.0 Å². The fourth-order valence-electron chi connectivity index (χ4n) is 5.07. The number of nitrogens with one attached hydrogen (secondary N) is 4. The fraction of sp³-hybridized carbons (Fsp3) is 0.567. The maximum Gasteiger partial charge on any atom is 0.232 e. The summed E-state index contributed by atoms with van der Waals surface area (Å²) in [5.74, 6) is 3.22. The van der Waals surface area contributed by atoms with Gasteiger partial charge in [0.25, 0.3) is 0 Å². The van der Waals surface area contributed by atoms with Gasteiger partial charge in [0, 0.05) is 52.4 Å². The van der Waals surface area contributed by atoms with Crippen LogP contribution in [0.4, 0.5) is 35.7 Å². The number of anilines is 6. The van der Waals surface area contributed by atoms with Gasteiger partial charge < -0.3 is 59.7 Å². The molecule has 1 aliphatic heterocycles. The second-order valence-electron chi connectivity index (χ2n) is 11.3. The molecule has 1 unspecified atom stereocenters. The van der Waals surface area contributed by atoms with Gasteiger partial charge in [-0.05, 0) is 57.3 Å². The first kappa shape index (κ1) is 36.0. The van der Waals surface area contributed by atoms with Crippen LogP contribution in [0.3, 0.4) is 0 Å². The van der Waals surface area contributed by atoms with Crippen molar-refractivity contribution in [1.29, 1.82) is 0 Å². The Balaban J connectivity index is 1.61. The number of nitrogens with zero attached hydrogens (tertiary/aromatic N) is 9. The van der Waals surface area contributed by atoms with Gasteiger partial charge in [0.2, 0.25) is 35.7 Å². The van der Waals surface area contributed by atoms with E-state index in [0.717, 1.165) is 25.7 Å². The number of hydrogen-bond acceptors (Lipinski definition) is 16. The van der Waals surface area contributed by atoms with E-state index < -0.39 is 0 Å². The molecule has 1 aliphatic rings. The molecule has 1 saturated heterocycles. The highest BCUT2D eigenvalue weighted by molar-refractivity contribution is 5.75. The summed E-state index contributed by atoms with van der Waals surface area (Å²) in [7, 11) is 0. The Bertz CT molecular complexity index is 1360. The smallest absolute Gasteiger partial charge is 0.232 e. The molecule has 1 fully saturated rings. The Morgan fingerprint density at radius 2 is 1.17 bits per heavy atom.